The van der Waals surface area contributed by atoms with Crippen LogP contribution in [0.3, 0.4) is 0 Å². The molecule has 5 N–H and O–H groups in total. The maximum Gasteiger partial charge on any atom is 0.253 e. The van der Waals surface area contributed by atoms with Crippen LogP contribution in [0.25, 0.3) is 0 Å². The van der Waals surface area contributed by atoms with Gasteiger partial charge in [-0.15, -0.1) is 0 Å². The van der Waals surface area contributed by atoms with Crippen molar-refractivity contribution in [3.63, 3.8) is 0 Å². The summed E-state index contributed by atoms with van der Waals surface area (Å²) in [5.41, 5.74) is 10.1. The molecule has 1 atom stereocenters. The third kappa shape index (κ3) is 45.2. The normalized spacial score (nSPS) is 10.7. The van der Waals surface area contributed by atoms with Crippen LogP contribution in [0.1, 0.15) is 79.6 Å². The van der Waals surface area contributed by atoms with Crippen LogP contribution in [0.15, 0.2) is 0 Å². The Morgan fingerprint density at radius 3 is 1.64 bits per heavy atom. The third-order valence-corrected chi connectivity index (χ3v) is 3.08. The fraction of sp³-hybridized carbons (Fsp3) is 0.889. The molecule has 0 aromatic rings. The second-order valence-corrected chi connectivity index (χ2v) is 6.97. The minimum absolute atomic E-state index is 0.123. The molecule has 0 aromatic heterocycles. The van der Waals surface area contributed by atoms with Gasteiger partial charge >= 0.3 is 0 Å². The van der Waals surface area contributed by atoms with E-state index in [4.69, 9.17) is 21.3 Å². The number of rotatable bonds is 10. The summed E-state index contributed by atoms with van der Waals surface area (Å²) < 4.78 is 9.51. The number of ether oxygens (including phenoxy) is 2. The molecule has 0 saturated carbocycles. The first kappa shape index (κ1) is 29.1. The Morgan fingerprint density at radius 1 is 0.880 bits per heavy atom. The van der Waals surface area contributed by atoms with Crippen LogP contribution in [0, 0.1) is 5.92 Å². The summed E-state index contributed by atoms with van der Waals surface area (Å²) in [4.78, 5) is 0. The Kier molecular flexibility index (Phi) is 27.2. The summed E-state index contributed by atoms with van der Waals surface area (Å²) in [6.07, 6.45) is 8.36. The van der Waals surface area contributed by atoms with Gasteiger partial charge in [-0.1, -0.05) is 52.9 Å². The molecule has 0 aliphatic heterocycles. The molecule has 0 amide bonds. The number of hydrogen-bond donors (Lipinski definition) is 3. The lowest BCUT2D eigenvalue weighted by Gasteiger charge is -2.04. The van der Waals surface area contributed by atoms with Crippen LogP contribution in [0.2, 0.25) is 0 Å². The van der Waals surface area contributed by atoms with E-state index in [0.717, 1.165) is 12.8 Å². The fourth-order valence-electron chi connectivity index (χ4n) is 1.88. The highest BCUT2D eigenvalue weighted by Gasteiger charge is 1.97. The Morgan fingerprint density at radius 2 is 1.36 bits per heavy atom. The van der Waals surface area contributed by atoms with Crippen LogP contribution in [0.5, 0.6) is 0 Å². The molecule has 0 spiro atoms. The van der Waals surface area contributed by atoms with E-state index in [0.29, 0.717) is 19.1 Å². The molecule has 0 saturated heterocycles. The molecule has 7 heteroatoms. The molecule has 0 aromatic carbocycles. The zero-order valence-corrected chi connectivity index (χ0v) is 18.4. The van der Waals surface area contributed by atoms with E-state index in [1.165, 1.54) is 32.1 Å². The summed E-state index contributed by atoms with van der Waals surface area (Å²) in [6.45, 7) is 11.3. The van der Waals surface area contributed by atoms with Gasteiger partial charge in [-0.2, -0.15) is 0 Å². The maximum absolute atomic E-state index is 8.72. The number of aliphatic hydroxyl groups is 1. The second-order valence-electron chi connectivity index (χ2n) is 6.17. The summed E-state index contributed by atoms with van der Waals surface area (Å²) in [5, 5.41) is 9.02. The zero-order chi connectivity index (χ0) is 20.1. The van der Waals surface area contributed by atoms with E-state index < -0.39 is 0 Å². The minimum atomic E-state index is -0.125. The SMILES string of the molecule is CC(C)CC(C)O.CCCCCCCCOC(N)=S.CCOC(N)=S. The molecule has 152 valence electrons. The van der Waals surface area contributed by atoms with Gasteiger partial charge in [-0.05, 0) is 57.0 Å². The van der Waals surface area contributed by atoms with Crippen LogP contribution >= 0.6 is 24.4 Å². The van der Waals surface area contributed by atoms with E-state index in [-0.39, 0.29) is 16.5 Å². The smallest absolute Gasteiger partial charge is 0.253 e. The molecule has 25 heavy (non-hydrogen) atoms. The fourth-order valence-corrected chi connectivity index (χ4v) is 2.08. The first-order valence-electron chi connectivity index (χ1n) is 9.19. The van der Waals surface area contributed by atoms with E-state index in [2.05, 4.69) is 49.9 Å². The highest BCUT2D eigenvalue weighted by Crippen LogP contribution is 2.04. The third-order valence-electron chi connectivity index (χ3n) is 2.84. The molecule has 0 bridgehead atoms. The van der Waals surface area contributed by atoms with Gasteiger partial charge in [0.05, 0.1) is 19.3 Å². The summed E-state index contributed by atoms with van der Waals surface area (Å²) in [5.74, 6) is 0.625. The van der Waals surface area contributed by atoms with E-state index >= 15 is 0 Å². The highest BCUT2D eigenvalue weighted by molar-refractivity contribution is 7.80. The summed E-state index contributed by atoms with van der Waals surface area (Å²) in [7, 11) is 0. The second kappa shape index (κ2) is 23.3. The van der Waals surface area contributed by atoms with Crippen molar-refractivity contribution in [2.45, 2.75) is 85.7 Å². The number of nitrogens with two attached hydrogens (primary N) is 2. The average molecular weight is 397 g/mol. The Bertz CT molecular complexity index is 296. The monoisotopic (exact) mass is 396 g/mol. The lowest BCUT2D eigenvalue weighted by molar-refractivity contribution is 0.168. The van der Waals surface area contributed by atoms with Gasteiger partial charge in [0.15, 0.2) is 0 Å². The van der Waals surface area contributed by atoms with E-state index in [1.807, 2.05) is 13.8 Å². The summed E-state index contributed by atoms with van der Waals surface area (Å²) in [6, 6.07) is 0. The quantitative estimate of drug-likeness (QED) is 0.375. The van der Waals surface area contributed by atoms with Gasteiger partial charge in [-0.25, -0.2) is 0 Å². The van der Waals surface area contributed by atoms with Crippen molar-refractivity contribution in [3.05, 3.63) is 0 Å². The van der Waals surface area contributed by atoms with Crippen LogP contribution in [0.4, 0.5) is 0 Å². The number of aliphatic hydroxyl groups excluding tert-OH is 1. The van der Waals surface area contributed by atoms with E-state index in [1.54, 1.807) is 0 Å². The van der Waals surface area contributed by atoms with Gasteiger partial charge in [0.25, 0.3) is 10.3 Å². The first-order chi connectivity index (χ1) is 11.7. The van der Waals surface area contributed by atoms with Crippen molar-refractivity contribution in [3.8, 4) is 0 Å². The van der Waals surface area contributed by atoms with Gasteiger partial charge in [0.1, 0.15) is 0 Å². The molecule has 0 fully saturated rings. The molecule has 5 nitrogen and oxygen atoms in total. The maximum atomic E-state index is 8.72. The van der Waals surface area contributed by atoms with Crippen LogP contribution in [-0.4, -0.2) is 34.8 Å². The van der Waals surface area contributed by atoms with Crippen molar-refractivity contribution in [2.24, 2.45) is 17.4 Å². The Balaban J connectivity index is -0.000000317. The van der Waals surface area contributed by atoms with E-state index in [9.17, 15) is 0 Å². The van der Waals surface area contributed by atoms with Gasteiger partial charge in [0.2, 0.25) is 0 Å². The van der Waals surface area contributed by atoms with Crippen molar-refractivity contribution >= 4 is 34.8 Å². The van der Waals surface area contributed by atoms with Gasteiger partial charge < -0.3 is 26.0 Å². The molecule has 0 rings (SSSR count). The van der Waals surface area contributed by atoms with Crippen molar-refractivity contribution < 1.29 is 14.6 Å². The van der Waals surface area contributed by atoms with Crippen molar-refractivity contribution in [1.29, 1.82) is 0 Å². The standard InChI is InChI=1S/C9H19NOS.C6H14O.C3H7NOS/c1-2-3-4-5-6-7-8-11-9(10)12;1-5(2)4-6(3)7;1-2-5-3(4)6/h2-8H2,1H3,(H2,10,12);5-7H,4H2,1-3H3;2H2,1H3,(H2,4,6). The first-order valence-corrected chi connectivity index (χ1v) is 10.0. The Hall–Kier alpha value is -0.660. The van der Waals surface area contributed by atoms with Crippen LogP contribution < -0.4 is 11.5 Å². The molecule has 0 aliphatic carbocycles. The molecule has 1 unspecified atom stereocenters. The summed E-state index contributed by atoms with van der Waals surface area (Å²) >= 11 is 8.92. The van der Waals surface area contributed by atoms with Gasteiger partial charge in [0, 0.05) is 0 Å². The predicted molar refractivity (Wildman–Crippen MR) is 116 cm³/mol. The van der Waals surface area contributed by atoms with Gasteiger partial charge in [-0.3, -0.25) is 0 Å². The molecule has 0 aliphatic rings. The largest absolute Gasteiger partial charge is 0.472 e. The van der Waals surface area contributed by atoms with Crippen LogP contribution in [-0.2, 0) is 9.47 Å². The van der Waals surface area contributed by atoms with Crippen molar-refractivity contribution in [2.75, 3.05) is 13.2 Å². The molecular formula is C18H40N2O3S2. The predicted octanol–water partition coefficient (Wildman–Crippen LogP) is 4.29. The van der Waals surface area contributed by atoms with Crippen molar-refractivity contribution in [1.82, 2.24) is 0 Å². The number of hydrogen-bond acceptors (Lipinski definition) is 5. The minimum Gasteiger partial charge on any atom is -0.472 e. The highest BCUT2D eigenvalue weighted by atomic mass is 32.1. The topological polar surface area (TPSA) is 90.7 Å². The lowest BCUT2D eigenvalue weighted by Crippen LogP contribution is -2.13. The molecule has 0 heterocycles. The zero-order valence-electron chi connectivity index (χ0n) is 16.8. The molecular weight excluding hydrogens is 356 g/mol. The number of thiocarbonyl (C=S) groups is 2. The average Bonchev–Trinajstić information content (AvgIpc) is 2.45. The number of unbranched alkanes of at least 4 members (excludes halogenated alkanes) is 5. The lowest BCUT2D eigenvalue weighted by atomic mass is 10.1. The Labute approximate surface area is 165 Å². The molecule has 0 radical (unpaired) electrons.